The van der Waals surface area contributed by atoms with Crippen LogP contribution in [0.3, 0.4) is 0 Å². The summed E-state index contributed by atoms with van der Waals surface area (Å²) in [6.07, 6.45) is 0.851. The van der Waals surface area contributed by atoms with Crippen molar-refractivity contribution in [2.24, 2.45) is 0 Å². The second-order valence-corrected chi connectivity index (χ2v) is 3.59. The summed E-state index contributed by atoms with van der Waals surface area (Å²) in [7, 11) is 1.66. The Morgan fingerprint density at radius 3 is 2.56 bits per heavy atom. The van der Waals surface area contributed by atoms with Gasteiger partial charge in [-0.25, -0.2) is 0 Å². The third kappa shape index (κ3) is 2.32. The molecule has 0 spiro atoms. The number of benzene rings is 1. The second-order valence-electron chi connectivity index (χ2n) is 3.59. The molecule has 3 heteroatoms. The van der Waals surface area contributed by atoms with E-state index in [2.05, 4.69) is 0 Å². The van der Waals surface area contributed by atoms with Gasteiger partial charge in [-0.05, 0) is 23.3 Å². The standard InChI is InChI=1S/C13H14O3/c1-15-9-10-4-6-11(7-5-10)13(14)12-3-2-8-16-12/h2-8,13-14H,9H2,1H3. The lowest BCUT2D eigenvalue weighted by Gasteiger charge is -2.08. The van der Waals surface area contributed by atoms with E-state index < -0.39 is 6.10 Å². The molecule has 1 aromatic heterocycles. The normalized spacial score (nSPS) is 12.6. The Bertz CT molecular complexity index is 417. The van der Waals surface area contributed by atoms with Crippen molar-refractivity contribution in [3.63, 3.8) is 0 Å². The summed E-state index contributed by atoms with van der Waals surface area (Å²) >= 11 is 0. The Kier molecular flexibility index (Phi) is 3.39. The van der Waals surface area contributed by atoms with Crippen LogP contribution in [0.5, 0.6) is 0 Å². The van der Waals surface area contributed by atoms with Crippen LogP contribution in [0, 0.1) is 0 Å². The molecule has 2 aromatic rings. The molecule has 0 amide bonds. The van der Waals surface area contributed by atoms with E-state index in [1.165, 1.54) is 0 Å². The number of aliphatic hydroxyl groups is 1. The Hall–Kier alpha value is -1.58. The van der Waals surface area contributed by atoms with Gasteiger partial charge in [-0.2, -0.15) is 0 Å². The topological polar surface area (TPSA) is 42.6 Å². The van der Waals surface area contributed by atoms with E-state index in [0.29, 0.717) is 12.4 Å². The fourth-order valence-corrected chi connectivity index (χ4v) is 1.57. The Balaban J connectivity index is 2.15. The van der Waals surface area contributed by atoms with Gasteiger partial charge in [0.2, 0.25) is 0 Å². The molecule has 0 fully saturated rings. The van der Waals surface area contributed by atoms with E-state index >= 15 is 0 Å². The maximum atomic E-state index is 9.98. The third-order valence-electron chi connectivity index (χ3n) is 2.42. The average molecular weight is 218 g/mol. The first kappa shape index (κ1) is 10.9. The van der Waals surface area contributed by atoms with Crippen molar-refractivity contribution in [3.05, 3.63) is 59.5 Å². The van der Waals surface area contributed by atoms with Crippen LogP contribution in [0.4, 0.5) is 0 Å². The highest BCUT2D eigenvalue weighted by molar-refractivity contribution is 5.27. The van der Waals surface area contributed by atoms with Crippen molar-refractivity contribution in [2.75, 3.05) is 7.11 Å². The fourth-order valence-electron chi connectivity index (χ4n) is 1.57. The summed E-state index contributed by atoms with van der Waals surface area (Å²) in [5.74, 6) is 0.555. The van der Waals surface area contributed by atoms with Crippen molar-refractivity contribution >= 4 is 0 Å². The molecular formula is C13H14O3. The highest BCUT2D eigenvalue weighted by Crippen LogP contribution is 2.22. The average Bonchev–Trinajstić information content (AvgIpc) is 2.83. The lowest BCUT2D eigenvalue weighted by atomic mass is 10.1. The smallest absolute Gasteiger partial charge is 0.137 e. The minimum atomic E-state index is -0.702. The van der Waals surface area contributed by atoms with Crippen LogP contribution in [-0.4, -0.2) is 12.2 Å². The molecule has 16 heavy (non-hydrogen) atoms. The van der Waals surface area contributed by atoms with Gasteiger partial charge >= 0.3 is 0 Å². The van der Waals surface area contributed by atoms with Crippen LogP contribution in [0.2, 0.25) is 0 Å². The molecule has 0 bridgehead atoms. The monoisotopic (exact) mass is 218 g/mol. The molecule has 0 saturated heterocycles. The highest BCUT2D eigenvalue weighted by Gasteiger charge is 2.12. The number of rotatable bonds is 4. The number of methoxy groups -OCH3 is 1. The number of aliphatic hydroxyl groups excluding tert-OH is 1. The maximum absolute atomic E-state index is 9.98. The highest BCUT2D eigenvalue weighted by atomic mass is 16.5. The third-order valence-corrected chi connectivity index (χ3v) is 2.42. The van der Waals surface area contributed by atoms with Crippen LogP contribution < -0.4 is 0 Å². The first-order valence-electron chi connectivity index (χ1n) is 5.10. The lowest BCUT2D eigenvalue weighted by Crippen LogP contribution is -1.98. The van der Waals surface area contributed by atoms with Crippen molar-refractivity contribution in [2.45, 2.75) is 12.7 Å². The van der Waals surface area contributed by atoms with Crippen LogP contribution >= 0.6 is 0 Å². The molecule has 0 saturated carbocycles. The molecule has 0 radical (unpaired) electrons. The number of furan rings is 1. The van der Waals surface area contributed by atoms with Crippen LogP contribution in [-0.2, 0) is 11.3 Å². The molecule has 0 aliphatic rings. The zero-order chi connectivity index (χ0) is 11.4. The second kappa shape index (κ2) is 4.96. The van der Waals surface area contributed by atoms with Crippen molar-refractivity contribution in [1.82, 2.24) is 0 Å². The van der Waals surface area contributed by atoms with Gasteiger partial charge in [-0.15, -0.1) is 0 Å². The minimum absolute atomic E-state index is 0.555. The van der Waals surface area contributed by atoms with Gasteiger partial charge in [0.25, 0.3) is 0 Å². The van der Waals surface area contributed by atoms with Crippen molar-refractivity contribution in [3.8, 4) is 0 Å². The summed E-state index contributed by atoms with van der Waals surface area (Å²) in [5.41, 5.74) is 1.90. The van der Waals surface area contributed by atoms with Gasteiger partial charge in [0.05, 0.1) is 12.9 Å². The van der Waals surface area contributed by atoms with Crippen LogP contribution in [0.15, 0.2) is 47.1 Å². The molecule has 1 N–H and O–H groups in total. The van der Waals surface area contributed by atoms with Gasteiger partial charge in [0, 0.05) is 7.11 Å². The number of ether oxygens (including phenoxy) is 1. The molecule has 2 rings (SSSR count). The molecule has 0 aliphatic heterocycles. The quantitative estimate of drug-likeness (QED) is 0.857. The largest absolute Gasteiger partial charge is 0.466 e. The number of hydrogen-bond acceptors (Lipinski definition) is 3. The Morgan fingerprint density at radius 2 is 2.00 bits per heavy atom. The lowest BCUT2D eigenvalue weighted by molar-refractivity contribution is 0.183. The molecule has 3 nitrogen and oxygen atoms in total. The number of hydrogen-bond donors (Lipinski definition) is 1. The summed E-state index contributed by atoms with van der Waals surface area (Å²) < 4.78 is 10.2. The molecule has 0 aliphatic carbocycles. The fraction of sp³-hybridized carbons (Fsp3) is 0.231. The van der Waals surface area contributed by atoms with Gasteiger partial charge in [0.1, 0.15) is 11.9 Å². The van der Waals surface area contributed by atoms with E-state index in [1.807, 2.05) is 24.3 Å². The van der Waals surface area contributed by atoms with Gasteiger partial charge in [0.15, 0.2) is 0 Å². The molecule has 84 valence electrons. The molecule has 1 heterocycles. The Labute approximate surface area is 94.3 Å². The maximum Gasteiger partial charge on any atom is 0.137 e. The van der Waals surface area contributed by atoms with E-state index in [1.54, 1.807) is 25.5 Å². The molecular weight excluding hydrogens is 204 g/mol. The minimum Gasteiger partial charge on any atom is -0.466 e. The van der Waals surface area contributed by atoms with E-state index in [4.69, 9.17) is 9.15 Å². The predicted molar refractivity (Wildman–Crippen MR) is 59.9 cm³/mol. The molecule has 1 aromatic carbocycles. The van der Waals surface area contributed by atoms with Crippen molar-refractivity contribution in [1.29, 1.82) is 0 Å². The summed E-state index contributed by atoms with van der Waals surface area (Å²) in [6.45, 7) is 0.580. The summed E-state index contributed by atoms with van der Waals surface area (Å²) in [5, 5.41) is 9.98. The van der Waals surface area contributed by atoms with E-state index in [9.17, 15) is 5.11 Å². The first-order chi connectivity index (χ1) is 7.81. The van der Waals surface area contributed by atoms with Crippen LogP contribution in [0.1, 0.15) is 23.0 Å². The molecule has 1 atom stereocenters. The van der Waals surface area contributed by atoms with E-state index in [-0.39, 0.29) is 0 Å². The van der Waals surface area contributed by atoms with E-state index in [0.717, 1.165) is 11.1 Å². The van der Waals surface area contributed by atoms with Gasteiger partial charge < -0.3 is 14.3 Å². The van der Waals surface area contributed by atoms with Crippen LogP contribution in [0.25, 0.3) is 0 Å². The first-order valence-corrected chi connectivity index (χ1v) is 5.10. The van der Waals surface area contributed by atoms with Gasteiger partial charge in [-0.1, -0.05) is 24.3 Å². The van der Waals surface area contributed by atoms with Crippen molar-refractivity contribution < 1.29 is 14.3 Å². The Morgan fingerprint density at radius 1 is 1.25 bits per heavy atom. The van der Waals surface area contributed by atoms with Gasteiger partial charge in [-0.3, -0.25) is 0 Å². The zero-order valence-corrected chi connectivity index (χ0v) is 9.09. The SMILES string of the molecule is COCc1ccc(C(O)c2ccco2)cc1. The molecule has 1 unspecified atom stereocenters. The zero-order valence-electron chi connectivity index (χ0n) is 9.09. The summed E-state index contributed by atoms with van der Waals surface area (Å²) in [6, 6.07) is 11.1. The summed E-state index contributed by atoms with van der Waals surface area (Å²) in [4.78, 5) is 0. The predicted octanol–water partition coefficient (Wildman–Crippen LogP) is 2.51.